The first-order valence-electron chi connectivity index (χ1n) is 5.37. The van der Waals surface area contributed by atoms with Crippen LogP contribution < -0.4 is 5.73 Å². The van der Waals surface area contributed by atoms with Crippen molar-refractivity contribution in [1.29, 1.82) is 0 Å². The highest BCUT2D eigenvalue weighted by atomic mass is 16.5. The van der Waals surface area contributed by atoms with Gasteiger partial charge in [0.2, 0.25) is 5.91 Å². The predicted molar refractivity (Wildman–Crippen MR) is 58.8 cm³/mol. The van der Waals surface area contributed by atoms with Crippen molar-refractivity contribution in [3.63, 3.8) is 0 Å². The predicted octanol–water partition coefficient (Wildman–Crippen LogP) is -0.0952. The highest BCUT2D eigenvalue weighted by molar-refractivity contribution is 5.76. The molecule has 1 rings (SSSR count). The number of amides is 1. The number of hydrogen-bond donors (Lipinski definition) is 1. The van der Waals surface area contributed by atoms with Gasteiger partial charge in [0.15, 0.2) is 0 Å². The first kappa shape index (κ1) is 12.6. The van der Waals surface area contributed by atoms with Gasteiger partial charge in [-0.05, 0) is 6.42 Å². The number of methoxy groups -OCH3 is 1. The van der Waals surface area contributed by atoms with E-state index in [9.17, 15) is 4.79 Å². The maximum atomic E-state index is 10.9. The molecule has 6 nitrogen and oxygen atoms in total. The first-order valence-corrected chi connectivity index (χ1v) is 5.37. The van der Waals surface area contributed by atoms with Crippen LogP contribution in [0.5, 0.6) is 0 Å². The maximum absolute atomic E-state index is 10.9. The van der Waals surface area contributed by atoms with E-state index in [1.165, 1.54) is 0 Å². The molecule has 16 heavy (non-hydrogen) atoms. The number of hydrogen-bond acceptors (Lipinski definition) is 4. The molecular weight excluding hydrogens is 208 g/mol. The fourth-order valence-corrected chi connectivity index (χ4v) is 1.54. The lowest BCUT2D eigenvalue weighted by Gasteiger charge is -2.05. The third-order valence-electron chi connectivity index (χ3n) is 2.25. The van der Waals surface area contributed by atoms with Gasteiger partial charge in [0.25, 0.3) is 0 Å². The smallest absolute Gasteiger partial charge is 0.223 e. The SMILES string of the molecule is CCCc1c(CC(N)=O)nnn1CCOC. The lowest BCUT2D eigenvalue weighted by atomic mass is 10.1. The molecule has 0 unspecified atom stereocenters. The topological polar surface area (TPSA) is 83.0 Å². The molecule has 0 atom stereocenters. The average molecular weight is 226 g/mol. The van der Waals surface area contributed by atoms with E-state index in [0.717, 1.165) is 18.5 Å². The number of carbonyl (C=O) groups is 1. The summed E-state index contributed by atoms with van der Waals surface area (Å²) < 4.78 is 6.77. The van der Waals surface area contributed by atoms with Crippen molar-refractivity contribution in [3.05, 3.63) is 11.4 Å². The molecule has 0 radical (unpaired) electrons. The number of rotatable bonds is 7. The van der Waals surface area contributed by atoms with Crippen LogP contribution in [0.25, 0.3) is 0 Å². The number of primary amides is 1. The Kier molecular flexibility index (Phi) is 4.91. The first-order chi connectivity index (χ1) is 7.69. The minimum absolute atomic E-state index is 0.155. The lowest BCUT2D eigenvalue weighted by molar-refractivity contribution is -0.117. The second-order valence-electron chi connectivity index (χ2n) is 3.59. The number of ether oxygens (including phenoxy) is 1. The summed E-state index contributed by atoms with van der Waals surface area (Å²) in [5.41, 5.74) is 6.83. The van der Waals surface area contributed by atoms with Crippen molar-refractivity contribution in [2.75, 3.05) is 13.7 Å². The quantitative estimate of drug-likeness (QED) is 0.704. The zero-order valence-corrected chi connectivity index (χ0v) is 9.77. The normalized spacial score (nSPS) is 10.6. The summed E-state index contributed by atoms with van der Waals surface area (Å²) in [6.07, 6.45) is 1.98. The fourth-order valence-electron chi connectivity index (χ4n) is 1.54. The minimum atomic E-state index is -0.379. The number of aromatic nitrogens is 3. The van der Waals surface area contributed by atoms with Gasteiger partial charge in [-0.25, -0.2) is 4.68 Å². The van der Waals surface area contributed by atoms with Crippen LogP contribution in [0.15, 0.2) is 0 Å². The molecule has 0 aliphatic heterocycles. The van der Waals surface area contributed by atoms with Gasteiger partial charge in [0.05, 0.1) is 31.0 Å². The summed E-state index contributed by atoms with van der Waals surface area (Å²) >= 11 is 0. The van der Waals surface area contributed by atoms with Gasteiger partial charge in [-0.15, -0.1) is 5.10 Å². The summed E-state index contributed by atoms with van der Waals surface area (Å²) in [4.78, 5) is 10.9. The number of nitrogens with two attached hydrogens (primary N) is 1. The Morgan fingerprint density at radius 3 is 2.88 bits per heavy atom. The molecule has 1 aromatic heterocycles. The van der Waals surface area contributed by atoms with Crippen molar-refractivity contribution in [1.82, 2.24) is 15.0 Å². The van der Waals surface area contributed by atoms with Crippen molar-refractivity contribution >= 4 is 5.91 Å². The Morgan fingerprint density at radius 2 is 2.31 bits per heavy atom. The molecule has 0 fully saturated rings. The molecule has 0 saturated carbocycles. The van der Waals surface area contributed by atoms with Gasteiger partial charge >= 0.3 is 0 Å². The number of nitrogens with zero attached hydrogens (tertiary/aromatic N) is 3. The van der Waals surface area contributed by atoms with Crippen molar-refractivity contribution in [3.8, 4) is 0 Å². The van der Waals surface area contributed by atoms with Crippen LogP contribution in [0.2, 0.25) is 0 Å². The van der Waals surface area contributed by atoms with Gasteiger partial charge < -0.3 is 10.5 Å². The van der Waals surface area contributed by atoms with E-state index in [1.807, 2.05) is 0 Å². The van der Waals surface area contributed by atoms with Crippen LogP contribution in [-0.2, 0) is 28.9 Å². The van der Waals surface area contributed by atoms with Crippen LogP contribution in [0.1, 0.15) is 24.7 Å². The molecule has 0 aliphatic carbocycles. The van der Waals surface area contributed by atoms with E-state index in [0.29, 0.717) is 18.8 Å². The van der Waals surface area contributed by atoms with E-state index < -0.39 is 0 Å². The summed E-state index contributed by atoms with van der Waals surface area (Å²) in [5.74, 6) is -0.379. The van der Waals surface area contributed by atoms with E-state index in [2.05, 4.69) is 17.2 Å². The van der Waals surface area contributed by atoms with Gasteiger partial charge in [-0.2, -0.15) is 0 Å². The van der Waals surface area contributed by atoms with E-state index in [4.69, 9.17) is 10.5 Å². The summed E-state index contributed by atoms with van der Waals surface area (Å²) in [5, 5.41) is 7.99. The van der Waals surface area contributed by atoms with E-state index >= 15 is 0 Å². The average Bonchev–Trinajstić information content (AvgIpc) is 2.59. The second-order valence-corrected chi connectivity index (χ2v) is 3.59. The molecule has 1 heterocycles. The molecule has 0 aliphatic rings. The van der Waals surface area contributed by atoms with Gasteiger partial charge in [0.1, 0.15) is 0 Å². The van der Waals surface area contributed by atoms with Gasteiger partial charge in [-0.3, -0.25) is 4.79 Å². The Balaban J connectivity index is 2.82. The molecule has 0 saturated heterocycles. The van der Waals surface area contributed by atoms with Crippen LogP contribution in [0, 0.1) is 0 Å². The molecule has 0 bridgehead atoms. The third-order valence-corrected chi connectivity index (χ3v) is 2.25. The minimum Gasteiger partial charge on any atom is -0.383 e. The molecule has 6 heteroatoms. The van der Waals surface area contributed by atoms with Crippen LogP contribution >= 0.6 is 0 Å². The Bertz CT molecular complexity index is 349. The third kappa shape index (κ3) is 3.30. The van der Waals surface area contributed by atoms with Crippen molar-refractivity contribution in [2.24, 2.45) is 5.73 Å². The monoisotopic (exact) mass is 226 g/mol. The zero-order chi connectivity index (χ0) is 12.0. The largest absolute Gasteiger partial charge is 0.383 e. The molecule has 1 aromatic rings. The second kappa shape index (κ2) is 6.22. The highest BCUT2D eigenvalue weighted by Crippen LogP contribution is 2.09. The Morgan fingerprint density at radius 1 is 1.56 bits per heavy atom. The van der Waals surface area contributed by atoms with Gasteiger partial charge in [0, 0.05) is 7.11 Å². The van der Waals surface area contributed by atoms with E-state index in [1.54, 1.807) is 11.8 Å². The standard InChI is InChI=1S/C10H18N4O2/c1-3-4-9-8(7-10(11)15)12-13-14(9)5-6-16-2/h3-7H2,1-2H3,(H2,11,15). The molecule has 2 N–H and O–H groups in total. The molecule has 0 aromatic carbocycles. The maximum Gasteiger partial charge on any atom is 0.223 e. The molecule has 0 spiro atoms. The van der Waals surface area contributed by atoms with Crippen LogP contribution in [-0.4, -0.2) is 34.6 Å². The summed E-state index contributed by atoms with van der Waals surface area (Å²) in [6, 6.07) is 0. The zero-order valence-electron chi connectivity index (χ0n) is 9.77. The van der Waals surface area contributed by atoms with E-state index in [-0.39, 0.29) is 12.3 Å². The number of carbonyl (C=O) groups excluding carboxylic acids is 1. The summed E-state index contributed by atoms with van der Waals surface area (Å²) in [6.45, 7) is 3.30. The molecule has 90 valence electrons. The lowest BCUT2D eigenvalue weighted by Crippen LogP contribution is -2.16. The Hall–Kier alpha value is -1.43. The van der Waals surface area contributed by atoms with Crippen LogP contribution in [0.4, 0.5) is 0 Å². The highest BCUT2D eigenvalue weighted by Gasteiger charge is 2.13. The Labute approximate surface area is 94.8 Å². The van der Waals surface area contributed by atoms with Crippen molar-refractivity contribution in [2.45, 2.75) is 32.7 Å². The van der Waals surface area contributed by atoms with Crippen molar-refractivity contribution < 1.29 is 9.53 Å². The molecule has 1 amide bonds. The van der Waals surface area contributed by atoms with Gasteiger partial charge in [-0.1, -0.05) is 18.6 Å². The van der Waals surface area contributed by atoms with Crippen LogP contribution in [0.3, 0.4) is 0 Å². The summed E-state index contributed by atoms with van der Waals surface area (Å²) in [7, 11) is 1.64. The fraction of sp³-hybridized carbons (Fsp3) is 0.700. The molecular formula is C10H18N4O2.